The molecule has 0 bridgehead atoms. The summed E-state index contributed by atoms with van der Waals surface area (Å²) in [6.45, 7) is 10.2. The van der Waals surface area contributed by atoms with E-state index >= 15 is 0 Å². The Morgan fingerprint density at radius 1 is 1.28 bits per heavy atom. The van der Waals surface area contributed by atoms with Gasteiger partial charge in [-0.3, -0.25) is 14.4 Å². The molecule has 0 aromatic carbocycles. The number of carbonyl (C=O) groups is 1. The fourth-order valence-electron chi connectivity index (χ4n) is 3.65. The number of nitrogens with zero attached hydrogens (tertiary/aromatic N) is 4. The highest BCUT2D eigenvalue weighted by Crippen LogP contribution is 2.25. The van der Waals surface area contributed by atoms with Crippen molar-refractivity contribution in [2.75, 3.05) is 26.2 Å². The molecule has 2 aromatic heterocycles. The number of hydrogen-bond acceptors (Lipinski definition) is 4. The zero-order chi connectivity index (χ0) is 18.0. The first-order chi connectivity index (χ1) is 11.9. The molecule has 1 atom stereocenters. The molecule has 1 aliphatic rings. The van der Waals surface area contributed by atoms with Crippen LogP contribution in [0.1, 0.15) is 41.9 Å². The van der Waals surface area contributed by atoms with Crippen LogP contribution in [0, 0.1) is 13.8 Å². The Morgan fingerprint density at radius 2 is 2.08 bits per heavy atom. The molecule has 2 aromatic rings. The normalized spacial score (nSPS) is 17.5. The lowest BCUT2D eigenvalue weighted by Gasteiger charge is -2.24. The van der Waals surface area contributed by atoms with Crippen LogP contribution in [0.5, 0.6) is 0 Å². The van der Waals surface area contributed by atoms with E-state index in [1.807, 2.05) is 49.7 Å². The second kappa shape index (κ2) is 7.44. The molecular weight excluding hydrogens is 316 g/mol. The smallest absolute Gasteiger partial charge is 0.230 e. The molecule has 6 heteroatoms. The lowest BCUT2D eigenvalue weighted by Crippen LogP contribution is -2.37. The Bertz CT molecular complexity index is 734. The van der Waals surface area contributed by atoms with Gasteiger partial charge in [0.25, 0.3) is 0 Å². The molecule has 0 radical (unpaired) electrons. The van der Waals surface area contributed by atoms with E-state index in [9.17, 15) is 4.79 Å². The molecule has 0 spiro atoms. The van der Waals surface area contributed by atoms with E-state index in [-0.39, 0.29) is 11.8 Å². The first kappa shape index (κ1) is 17.7. The molecule has 1 aliphatic heterocycles. The van der Waals surface area contributed by atoms with Gasteiger partial charge in [0, 0.05) is 57.1 Å². The van der Waals surface area contributed by atoms with Crippen molar-refractivity contribution < 1.29 is 9.21 Å². The molecule has 1 fully saturated rings. The third kappa shape index (κ3) is 4.12. The first-order valence-electron chi connectivity index (χ1n) is 8.99. The van der Waals surface area contributed by atoms with E-state index < -0.39 is 0 Å². The molecule has 0 N–H and O–H groups in total. The maximum absolute atomic E-state index is 12.9. The van der Waals surface area contributed by atoms with Crippen LogP contribution in [0.3, 0.4) is 0 Å². The second-order valence-electron chi connectivity index (χ2n) is 7.07. The van der Waals surface area contributed by atoms with E-state index in [1.54, 1.807) is 0 Å². The van der Waals surface area contributed by atoms with Gasteiger partial charge < -0.3 is 9.32 Å². The Balaban J connectivity index is 1.60. The average Bonchev–Trinajstić information content (AvgIpc) is 3.03. The number of rotatable bonds is 4. The van der Waals surface area contributed by atoms with Crippen molar-refractivity contribution in [1.29, 1.82) is 0 Å². The van der Waals surface area contributed by atoms with Gasteiger partial charge in [0.1, 0.15) is 11.5 Å². The molecule has 3 rings (SSSR count). The summed E-state index contributed by atoms with van der Waals surface area (Å²) in [4.78, 5) is 17.3. The molecule has 1 unspecified atom stereocenters. The minimum atomic E-state index is -0.151. The number of carbonyl (C=O) groups excluding carboxylic acids is 1. The summed E-state index contributed by atoms with van der Waals surface area (Å²) in [5.74, 6) is 1.77. The number of aryl methyl sites for hydroxylation is 3. The lowest BCUT2D eigenvalue weighted by atomic mass is 10.00. The number of hydrogen-bond donors (Lipinski definition) is 0. The van der Waals surface area contributed by atoms with E-state index in [4.69, 9.17) is 4.42 Å². The van der Waals surface area contributed by atoms with Crippen molar-refractivity contribution >= 4 is 5.91 Å². The second-order valence-corrected chi connectivity index (χ2v) is 7.07. The summed E-state index contributed by atoms with van der Waals surface area (Å²) >= 11 is 0. The SMILES string of the molecule is Cc1cc(C(C)C(=O)N2CCCN(Cc3cnn(C)c3)CC2)c(C)o1. The van der Waals surface area contributed by atoms with Crippen LogP contribution in [-0.2, 0) is 18.4 Å². The highest BCUT2D eigenvalue weighted by Gasteiger charge is 2.26. The van der Waals surface area contributed by atoms with Gasteiger partial charge in [-0.05, 0) is 33.3 Å². The summed E-state index contributed by atoms with van der Waals surface area (Å²) < 4.78 is 7.43. The monoisotopic (exact) mass is 344 g/mol. The molecule has 6 nitrogen and oxygen atoms in total. The van der Waals surface area contributed by atoms with Gasteiger partial charge in [0.05, 0.1) is 12.1 Å². The van der Waals surface area contributed by atoms with Crippen molar-refractivity contribution in [3.63, 3.8) is 0 Å². The average molecular weight is 344 g/mol. The Hall–Kier alpha value is -2.08. The van der Waals surface area contributed by atoms with Crippen molar-refractivity contribution in [2.45, 2.75) is 39.7 Å². The first-order valence-corrected chi connectivity index (χ1v) is 8.99. The number of furan rings is 1. The van der Waals surface area contributed by atoms with Crippen LogP contribution in [0.2, 0.25) is 0 Å². The fourth-order valence-corrected chi connectivity index (χ4v) is 3.65. The van der Waals surface area contributed by atoms with Gasteiger partial charge in [-0.25, -0.2) is 0 Å². The molecule has 25 heavy (non-hydrogen) atoms. The predicted molar refractivity (Wildman–Crippen MR) is 96.3 cm³/mol. The fraction of sp³-hybridized carbons (Fsp3) is 0.579. The Morgan fingerprint density at radius 3 is 2.72 bits per heavy atom. The molecule has 136 valence electrons. The minimum Gasteiger partial charge on any atom is -0.466 e. The predicted octanol–water partition coefficient (Wildman–Crippen LogP) is 2.47. The summed E-state index contributed by atoms with van der Waals surface area (Å²) in [6, 6.07) is 1.99. The van der Waals surface area contributed by atoms with E-state index in [1.165, 1.54) is 5.56 Å². The Kier molecular flexibility index (Phi) is 5.27. The minimum absolute atomic E-state index is 0.151. The van der Waals surface area contributed by atoms with Crippen molar-refractivity contribution in [3.05, 3.63) is 41.1 Å². The van der Waals surface area contributed by atoms with Crippen LogP contribution < -0.4 is 0 Å². The zero-order valence-electron chi connectivity index (χ0n) is 15.7. The topological polar surface area (TPSA) is 54.5 Å². The number of aromatic nitrogens is 2. The summed E-state index contributed by atoms with van der Waals surface area (Å²) in [5.41, 5.74) is 2.24. The van der Waals surface area contributed by atoms with Crippen LogP contribution >= 0.6 is 0 Å². The van der Waals surface area contributed by atoms with Gasteiger partial charge >= 0.3 is 0 Å². The number of amides is 1. The third-order valence-corrected chi connectivity index (χ3v) is 4.98. The molecule has 0 saturated carbocycles. The van der Waals surface area contributed by atoms with Gasteiger partial charge in [0.2, 0.25) is 5.91 Å². The van der Waals surface area contributed by atoms with E-state index in [2.05, 4.69) is 16.2 Å². The van der Waals surface area contributed by atoms with Crippen LogP contribution in [-0.4, -0.2) is 51.7 Å². The lowest BCUT2D eigenvalue weighted by molar-refractivity contribution is -0.132. The summed E-state index contributed by atoms with van der Waals surface area (Å²) in [6.07, 6.45) is 4.97. The van der Waals surface area contributed by atoms with Crippen LogP contribution in [0.25, 0.3) is 0 Å². The molecule has 3 heterocycles. The quantitative estimate of drug-likeness (QED) is 0.855. The zero-order valence-corrected chi connectivity index (χ0v) is 15.7. The molecular formula is C19H28N4O2. The van der Waals surface area contributed by atoms with E-state index in [0.29, 0.717) is 0 Å². The highest BCUT2D eigenvalue weighted by atomic mass is 16.3. The van der Waals surface area contributed by atoms with Crippen molar-refractivity contribution in [1.82, 2.24) is 19.6 Å². The van der Waals surface area contributed by atoms with Crippen molar-refractivity contribution in [3.8, 4) is 0 Å². The maximum atomic E-state index is 12.9. The van der Waals surface area contributed by atoms with Crippen LogP contribution in [0.4, 0.5) is 0 Å². The van der Waals surface area contributed by atoms with Gasteiger partial charge in [-0.2, -0.15) is 5.10 Å². The summed E-state index contributed by atoms with van der Waals surface area (Å²) in [5, 5.41) is 4.23. The third-order valence-electron chi connectivity index (χ3n) is 4.98. The van der Waals surface area contributed by atoms with Crippen LogP contribution in [0.15, 0.2) is 22.9 Å². The standard InChI is InChI=1S/C19H28N4O2/c1-14-10-18(16(3)25-14)15(2)19(24)23-7-5-6-22(8-9-23)13-17-11-20-21(4)12-17/h10-12,15H,5-9,13H2,1-4H3. The van der Waals surface area contributed by atoms with Crippen molar-refractivity contribution in [2.24, 2.45) is 7.05 Å². The summed E-state index contributed by atoms with van der Waals surface area (Å²) in [7, 11) is 1.94. The van der Waals surface area contributed by atoms with Gasteiger partial charge in [-0.15, -0.1) is 0 Å². The van der Waals surface area contributed by atoms with E-state index in [0.717, 1.165) is 56.2 Å². The molecule has 1 amide bonds. The van der Waals surface area contributed by atoms with Gasteiger partial charge in [-0.1, -0.05) is 0 Å². The maximum Gasteiger partial charge on any atom is 0.230 e. The molecule has 1 saturated heterocycles. The highest BCUT2D eigenvalue weighted by molar-refractivity contribution is 5.83. The molecule has 0 aliphatic carbocycles. The Labute approximate surface area is 149 Å². The van der Waals surface area contributed by atoms with Gasteiger partial charge in [0.15, 0.2) is 0 Å². The largest absolute Gasteiger partial charge is 0.466 e.